The minimum atomic E-state index is -0.371. The van der Waals surface area contributed by atoms with Gasteiger partial charge in [-0.15, -0.1) is 0 Å². The summed E-state index contributed by atoms with van der Waals surface area (Å²) in [6.45, 7) is 5.96. The molecule has 172 valence electrons. The lowest BCUT2D eigenvalue weighted by Gasteiger charge is -2.35. The number of halogens is 1. The lowest BCUT2D eigenvalue weighted by molar-refractivity contribution is -0.0721. The largest absolute Gasteiger partial charge is 0.376 e. The number of nitrogens with zero attached hydrogens (tertiary/aromatic N) is 2. The lowest BCUT2D eigenvalue weighted by atomic mass is 10.1. The van der Waals surface area contributed by atoms with Gasteiger partial charge in [-0.1, -0.05) is 6.07 Å². The number of guanidine groups is 1. The topological polar surface area (TPSA) is 75.2 Å². The van der Waals surface area contributed by atoms with Crippen molar-refractivity contribution in [3.8, 4) is 0 Å². The van der Waals surface area contributed by atoms with Crippen LogP contribution in [0.3, 0.4) is 0 Å². The maximum atomic E-state index is 13.6. The molecule has 2 aliphatic heterocycles. The van der Waals surface area contributed by atoms with E-state index < -0.39 is 0 Å². The van der Waals surface area contributed by atoms with Crippen LogP contribution in [0, 0.1) is 12.7 Å². The lowest BCUT2D eigenvalue weighted by Crippen LogP contribution is -2.48. The summed E-state index contributed by atoms with van der Waals surface area (Å²) >= 11 is 0. The molecule has 1 aromatic carbocycles. The molecular weight excluding hydrogens is 399 g/mol. The van der Waals surface area contributed by atoms with E-state index in [1.165, 1.54) is 12.5 Å². The van der Waals surface area contributed by atoms with Gasteiger partial charge in [-0.2, -0.15) is 0 Å². The van der Waals surface area contributed by atoms with Crippen LogP contribution in [0.5, 0.6) is 0 Å². The second-order valence-electron chi connectivity index (χ2n) is 8.20. The molecule has 2 aliphatic rings. The number of hydrogen-bond donors (Lipinski definition) is 2. The summed E-state index contributed by atoms with van der Waals surface area (Å²) in [7, 11) is 1.76. The van der Waals surface area contributed by atoms with Gasteiger partial charge in [0.15, 0.2) is 5.96 Å². The molecular formula is C23H35FN4O3. The molecule has 3 rings (SSSR count). The standard InChI is InChI=1S/C23H35FN4O3/c1-17-6-7-18(15-21(17)24)22(29)26-10-11-27-23(25-2)28-12-8-19(9-13-28)31-16-20-5-3-4-14-30-20/h6-7,15,19-20H,3-5,8-14,16H2,1-2H3,(H,25,27)(H,26,29). The Hall–Kier alpha value is -2.19. The highest BCUT2D eigenvalue weighted by atomic mass is 19.1. The molecule has 2 saturated heterocycles. The Morgan fingerprint density at radius 2 is 2.00 bits per heavy atom. The Morgan fingerprint density at radius 3 is 2.68 bits per heavy atom. The molecule has 2 N–H and O–H groups in total. The minimum absolute atomic E-state index is 0.257. The number of likely N-dealkylation sites (tertiary alicyclic amines) is 1. The van der Waals surface area contributed by atoms with Crippen LogP contribution in [0.4, 0.5) is 4.39 Å². The second kappa shape index (κ2) is 12.0. The molecule has 7 nitrogen and oxygen atoms in total. The number of nitrogens with one attached hydrogen (secondary N) is 2. The fourth-order valence-corrected chi connectivity index (χ4v) is 3.94. The molecule has 0 aliphatic carbocycles. The number of aryl methyl sites for hydroxylation is 1. The highest BCUT2D eigenvalue weighted by Crippen LogP contribution is 2.18. The van der Waals surface area contributed by atoms with E-state index in [0.29, 0.717) is 30.8 Å². The highest BCUT2D eigenvalue weighted by Gasteiger charge is 2.23. The molecule has 0 bridgehead atoms. The summed E-state index contributed by atoms with van der Waals surface area (Å²) in [6.07, 6.45) is 5.95. The zero-order valence-corrected chi connectivity index (χ0v) is 18.7. The van der Waals surface area contributed by atoms with Gasteiger partial charge in [0.2, 0.25) is 0 Å². The first-order valence-electron chi connectivity index (χ1n) is 11.3. The summed E-state index contributed by atoms with van der Waals surface area (Å²) in [5.74, 6) is 0.171. The van der Waals surface area contributed by atoms with Crippen LogP contribution < -0.4 is 10.6 Å². The first-order chi connectivity index (χ1) is 15.1. The number of carbonyl (C=O) groups excluding carboxylic acids is 1. The van der Waals surface area contributed by atoms with E-state index in [1.807, 2.05) is 0 Å². The van der Waals surface area contributed by atoms with Crippen molar-refractivity contribution in [2.45, 2.75) is 51.2 Å². The van der Waals surface area contributed by atoms with E-state index >= 15 is 0 Å². The van der Waals surface area contributed by atoms with Gasteiger partial charge < -0.3 is 25.0 Å². The number of amides is 1. The fraction of sp³-hybridized carbons (Fsp3) is 0.652. The maximum absolute atomic E-state index is 13.6. The van der Waals surface area contributed by atoms with Crippen molar-refractivity contribution in [1.82, 2.24) is 15.5 Å². The monoisotopic (exact) mass is 434 g/mol. The minimum Gasteiger partial charge on any atom is -0.376 e. The van der Waals surface area contributed by atoms with E-state index in [9.17, 15) is 9.18 Å². The van der Waals surface area contributed by atoms with Crippen LogP contribution in [-0.2, 0) is 9.47 Å². The zero-order chi connectivity index (χ0) is 22.1. The summed E-state index contributed by atoms with van der Waals surface area (Å²) in [6, 6.07) is 4.51. The van der Waals surface area contributed by atoms with Crippen LogP contribution in [0.25, 0.3) is 0 Å². The number of benzene rings is 1. The number of piperidine rings is 1. The van der Waals surface area contributed by atoms with Crippen molar-refractivity contribution in [3.05, 3.63) is 35.1 Å². The summed E-state index contributed by atoms with van der Waals surface area (Å²) in [4.78, 5) is 18.7. The number of hydrogen-bond acceptors (Lipinski definition) is 4. The van der Waals surface area contributed by atoms with Crippen molar-refractivity contribution in [2.75, 3.05) is 46.4 Å². The van der Waals surface area contributed by atoms with Gasteiger partial charge in [-0.3, -0.25) is 9.79 Å². The Labute approximate surface area is 184 Å². The van der Waals surface area contributed by atoms with E-state index in [4.69, 9.17) is 9.47 Å². The third-order valence-electron chi connectivity index (χ3n) is 5.87. The predicted octanol–water partition coefficient (Wildman–Crippen LogP) is 2.49. The van der Waals surface area contributed by atoms with Crippen LogP contribution in [0.2, 0.25) is 0 Å². The first kappa shape index (κ1) is 23.5. The second-order valence-corrected chi connectivity index (χ2v) is 8.20. The quantitative estimate of drug-likeness (QED) is 0.392. The van der Waals surface area contributed by atoms with Crippen LogP contribution in [-0.4, -0.2) is 75.4 Å². The zero-order valence-electron chi connectivity index (χ0n) is 18.7. The van der Waals surface area contributed by atoms with Crippen molar-refractivity contribution in [1.29, 1.82) is 0 Å². The maximum Gasteiger partial charge on any atom is 0.251 e. The summed E-state index contributed by atoms with van der Waals surface area (Å²) < 4.78 is 25.5. The number of aliphatic imine (C=N–C) groups is 1. The van der Waals surface area contributed by atoms with E-state index in [1.54, 1.807) is 26.1 Å². The smallest absolute Gasteiger partial charge is 0.251 e. The van der Waals surface area contributed by atoms with Gasteiger partial charge >= 0.3 is 0 Å². The number of carbonyl (C=O) groups is 1. The molecule has 2 fully saturated rings. The van der Waals surface area contributed by atoms with Gasteiger partial charge in [0.25, 0.3) is 5.91 Å². The molecule has 8 heteroatoms. The SMILES string of the molecule is CN=C(NCCNC(=O)c1ccc(C)c(F)c1)N1CCC(OCC2CCCCO2)CC1. The van der Waals surface area contributed by atoms with Gasteiger partial charge in [0, 0.05) is 45.4 Å². The Morgan fingerprint density at radius 1 is 1.23 bits per heavy atom. The van der Waals surface area contributed by atoms with E-state index in [-0.39, 0.29) is 23.9 Å². The average Bonchev–Trinajstić information content (AvgIpc) is 2.80. The number of ether oxygens (including phenoxy) is 2. The summed E-state index contributed by atoms with van der Waals surface area (Å²) in [5.41, 5.74) is 0.853. The van der Waals surface area contributed by atoms with Crippen LogP contribution in [0.1, 0.15) is 48.0 Å². The Balaban J connectivity index is 1.33. The molecule has 31 heavy (non-hydrogen) atoms. The van der Waals surface area contributed by atoms with Gasteiger partial charge in [-0.05, 0) is 56.7 Å². The van der Waals surface area contributed by atoms with Gasteiger partial charge in [0.1, 0.15) is 5.82 Å². The third-order valence-corrected chi connectivity index (χ3v) is 5.87. The van der Waals surface area contributed by atoms with E-state index in [0.717, 1.165) is 51.3 Å². The van der Waals surface area contributed by atoms with Crippen LogP contribution in [0.15, 0.2) is 23.2 Å². The van der Waals surface area contributed by atoms with Crippen molar-refractivity contribution < 1.29 is 18.7 Å². The third kappa shape index (κ3) is 7.18. The molecule has 0 spiro atoms. The van der Waals surface area contributed by atoms with Gasteiger partial charge in [0.05, 0.1) is 18.8 Å². The molecule has 0 saturated carbocycles. The normalized spacial score (nSPS) is 20.5. The first-order valence-corrected chi connectivity index (χ1v) is 11.3. The molecule has 0 radical (unpaired) electrons. The Bertz CT molecular complexity index is 744. The summed E-state index contributed by atoms with van der Waals surface area (Å²) in [5, 5.41) is 6.10. The Kier molecular flexibility index (Phi) is 9.09. The van der Waals surface area contributed by atoms with Gasteiger partial charge in [-0.25, -0.2) is 4.39 Å². The molecule has 2 heterocycles. The molecule has 1 atom stereocenters. The predicted molar refractivity (Wildman–Crippen MR) is 119 cm³/mol. The average molecular weight is 435 g/mol. The van der Waals surface area contributed by atoms with Crippen molar-refractivity contribution in [2.24, 2.45) is 4.99 Å². The molecule has 1 aromatic rings. The molecule has 0 aromatic heterocycles. The van der Waals surface area contributed by atoms with Crippen molar-refractivity contribution >= 4 is 11.9 Å². The van der Waals surface area contributed by atoms with E-state index in [2.05, 4.69) is 20.5 Å². The molecule has 1 unspecified atom stereocenters. The number of rotatable bonds is 7. The van der Waals surface area contributed by atoms with Crippen LogP contribution >= 0.6 is 0 Å². The van der Waals surface area contributed by atoms with Crippen molar-refractivity contribution in [3.63, 3.8) is 0 Å². The molecule has 1 amide bonds. The highest BCUT2D eigenvalue weighted by molar-refractivity contribution is 5.94. The fourth-order valence-electron chi connectivity index (χ4n) is 3.94.